The van der Waals surface area contributed by atoms with Crippen molar-refractivity contribution >= 4 is 21.4 Å². The minimum atomic E-state index is -3.91. The number of hydrogen-bond acceptors (Lipinski definition) is 6. The number of nitrogens with zero attached hydrogens (tertiary/aromatic N) is 3. The summed E-state index contributed by atoms with van der Waals surface area (Å²) in [5.74, 6) is 0.756. The predicted molar refractivity (Wildman–Crippen MR) is 97.1 cm³/mol. The number of piperazine rings is 1. The van der Waals surface area contributed by atoms with Crippen LogP contribution in [-0.4, -0.2) is 50.9 Å². The van der Waals surface area contributed by atoms with Crippen molar-refractivity contribution in [2.45, 2.75) is 4.90 Å². The normalized spacial score (nSPS) is 15.7. The summed E-state index contributed by atoms with van der Waals surface area (Å²) in [7, 11) is -2.31. The summed E-state index contributed by atoms with van der Waals surface area (Å²) in [4.78, 5) is 12.3. The topological polar surface area (TPSA) is 93.0 Å². The van der Waals surface area contributed by atoms with Crippen LogP contribution in [0.4, 0.5) is 11.4 Å². The van der Waals surface area contributed by atoms with Crippen LogP contribution in [-0.2, 0) is 10.0 Å². The molecule has 0 bridgehead atoms. The lowest BCUT2D eigenvalue weighted by molar-refractivity contribution is -0.387. The van der Waals surface area contributed by atoms with E-state index in [1.54, 1.807) is 7.11 Å². The van der Waals surface area contributed by atoms with Crippen molar-refractivity contribution in [2.24, 2.45) is 0 Å². The summed E-state index contributed by atoms with van der Waals surface area (Å²) in [5.41, 5.74) is 0.582. The molecule has 0 amide bonds. The van der Waals surface area contributed by atoms with Crippen molar-refractivity contribution in [1.29, 1.82) is 0 Å². The maximum absolute atomic E-state index is 12.8. The maximum Gasteiger partial charge on any atom is 0.289 e. The Morgan fingerprint density at radius 2 is 1.62 bits per heavy atom. The van der Waals surface area contributed by atoms with Crippen molar-refractivity contribution in [3.8, 4) is 5.75 Å². The van der Waals surface area contributed by atoms with Crippen LogP contribution >= 0.6 is 0 Å². The van der Waals surface area contributed by atoms with Crippen LogP contribution in [0, 0.1) is 10.1 Å². The van der Waals surface area contributed by atoms with Crippen LogP contribution in [0.2, 0.25) is 0 Å². The molecule has 1 fully saturated rings. The van der Waals surface area contributed by atoms with E-state index in [1.165, 1.54) is 28.6 Å². The lowest BCUT2D eigenvalue weighted by Crippen LogP contribution is -2.48. The molecule has 2 aromatic carbocycles. The molecule has 0 aliphatic carbocycles. The van der Waals surface area contributed by atoms with E-state index >= 15 is 0 Å². The highest BCUT2D eigenvalue weighted by molar-refractivity contribution is 7.89. The molecule has 1 aliphatic rings. The summed E-state index contributed by atoms with van der Waals surface area (Å²) < 4.78 is 32.1. The molecule has 0 unspecified atom stereocenters. The second-order valence-electron chi connectivity index (χ2n) is 5.81. The fourth-order valence-electron chi connectivity index (χ4n) is 2.94. The van der Waals surface area contributed by atoms with Gasteiger partial charge in [-0.2, -0.15) is 4.31 Å². The molecule has 138 valence electrons. The molecule has 0 radical (unpaired) electrons. The SMILES string of the molecule is COc1ccc(N2CCN(S(=O)(=O)c3ccccc3[N+](=O)[O-])CC2)cc1. The lowest BCUT2D eigenvalue weighted by Gasteiger charge is -2.35. The lowest BCUT2D eigenvalue weighted by atomic mass is 10.2. The van der Waals surface area contributed by atoms with Gasteiger partial charge >= 0.3 is 0 Å². The molecule has 9 heteroatoms. The van der Waals surface area contributed by atoms with Gasteiger partial charge in [0.2, 0.25) is 10.0 Å². The molecule has 1 saturated heterocycles. The summed E-state index contributed by atoms with van der Waals surface area (Å²) in [6, 6.07) is 13.0. The molecule has 1 aliphatic heterocycles. The van der Waals surface area contributed by atoms with E-state index < -0.39 is 20.6 Å². The Hall–Kier alpha value is -2.65. The van der Waals surface area contributed by atoms with Gasteiger partial charge in [-0.1, -0.05) is 12.1 Å². The molecule has 3 rings (SSSR count). The second kappa shape index (κ2) is 7.30. The number of para-hydroxylation sites is 1. The summed E-state index contributed by atoms with van der Waals surface area (Å²) >= 11 is 0. The van der Waals surface area contributed by atoms with E-state index in [9.17, 15) is 18.5 Å². The largest absolute Gasteiger partial charge is 0.497 e. The Morgan fingerprint density at radius 1 is 1.00 bits per heavy atom. The van der Waals surface area contributed by atoms with Gasteiger partial charge in [-0.25, -0.2) is 8.42 Å². The number of benzene rings is 2. The second-order valence-corrected chi connectivity index (χ2v) is 7.72. The van der Waals surface area contributed by atoms with Crippen molar-refractivity contribution in [3.05, 3.63) is 58.6 Å². The first-order chi connectivity index (χ1) is 12.4. The molecule has 1 heterocycles. The van der Waals surface area contributed by atoms with Crippen LogP contribution in [0.15, 0.2) is 53.4 Å². The highest BCUT2D eigenvalue weighted by Crippen LogP contribution is 2.28. The quantitative estimate of drug-likeness (QED) is 0.585. The Labute approximate surface area is 151 Å². The fourth-order valence-corrected chi connectivity index (χ4v) is 4.52. The summed E-state index contributed by atoms with van der Waals surface area (Å²) in [6.45, 7) is 1.54. The van der Waals surface area contributed by atoms with Gasteiger partial charge in [0.25, 0.3) is 5.69 Å². The molecule has 0 atom stereocenters. The zero-order chi connectivity index (χ0) is 18.7. The van der Waals surface area contributed by atoms with Crippen molar-refractivity contribution < 1.29 is 18.1 Å². The van der Waals surface area contributed by atoms with Gasteiger partial charge in [-0.3, -0.25) is 10.1 Å². The Balaban J connectivity index is 1.75. The number of hydrogen-bond donors (Lipinski definition) is 0. The van der Waals surface area contributed by atoms with Crippen LogP contribution in [0.5, 0.6) is 5.75 Å². The number of methoxy groups -OCH3 is 1. The zero-order valence-electron chi connectivity index (χ0n) is 14.2. The van der Waals surface area contributed by atoms with Gasteiger partial charge in [0.15, 0.2) is 4.90 Å². The number of nitro benzene ring substituents is 1. The number of anilines is 1. The molecule has 8 nitrogen and oxygen atoms in total. The zero-order valence-corrected chi connectivity index (χ0v) is 15.1. The molecule has 0 aromatic heterocycles. The van der Waals surface area contributed by atoms with Gasteiger partial charge in [-0.15, -0.1) is 0 Å². The monoisotopic (exact) mass is 377 g/mol. The van der Waals surface area contributed by atoms with Crippen molar-refractivity contribution in [1.82, 2.24) is 4.31 Å². The summed E-state index contributed by atoms with van der Waals surface area (Å²) in [5, 5.41) is 11.1. The molecular formula is C17H19N3O5S. The first-order valence-electron chi connectivity index (χ1n) is 8.06. The predicted octanol–water partition coefficient (Wildman–Crippen LogP) is 2.11. The first-order valence-corrected chi connectivity index (χ1v) is 9.50. The van der Waals surface area contributed by atoms with E-state index in [1.807, 2.05) is 24.3 Å². The molecule has 0 spiro atoms. The smallest absolute Gasteiger partial charge is 0.289 e. The third-order valence-corrected chi connectivity index (χ3v) is 6.30. The van der Waals surface area contributed by atoms with E-state index in [4.69, 9.17) is 4.74 Å². The maximum atomic E-state index is 12.8. The van der Waals surface area contributed by atoms with E-state index in [0.29, 0.717) is 13.1 Å². The van der Waals surface area contributed by atoms with Crippen LogP contribution in [0.25, 0.3) is 0 Å². The Kier molecular flexibility index (Phi) is 5.10. The fraction of sp³-hybridized carbons (Fsp3) is 0.294. The highest BCUT2D eigenvalue weighted by atomic mass is 32.2. The first kappa shape index (κ1) is 18.2. The van der Waals surface area contributed by atoms with Gasteiger partial charge in [0.05, 0.1) is 12.0 Å². The molecular weight excluding hydrogens is 358 g/mol. The molecule has 2 aromatic rings. The van der Waals surface area contributed by atoms with Gasteiger partial charge < -0.3 is 9.64 Å². The molecule has 26 heavy (non-hydrogen) atoms. The molecule has 0 saturated carbocycles. The number of nitro groups is 1. The average molecular weight is 377 g/mol. The summed E-state index contributed by atoms with van der Waals surface area (Å²) in [6.07, 6.45) is 0. The van der Waals surface area contributed by atoms with E-state index in [0.717, 1.165) is 11.4 Å². The number of sulfonamides is 1. The third-order valence-electron chi connectivity index (χ3n) is 4.36. The van der Waals surface area contributed by atoms with Crippen LogP contribution in [0.1, 0.15) is 0 Å². The van der Waals surface area contributed by atoms with Gasteiger partial charge in [0, 0.05) is 37.9 Å². The Bertz CT molecular complexity index is 891. The van der Waals surface area contributed by atoms with Crippen molar-refractivity contribution in [2.75, 3.05) is 38.2 Å². The third kappa shape index (κ3) is 3.49. The van der Waals surface area contributed by atoms with E-state index in [-0.39, 0.29) is 18.0 Å². The van der Waals surface area contributed by atoms with Crippen LogP contribution in [0.3, 0.4) is 0 Å². The van der Waals surface area contributed by atoms with Gasteiger partial charge in [-0.05, 0) is 30.3 Å². The minimum absolute atomic E-state index is 0.261. The van der Waals surface area contributed by atoms with Crippen molar-refractivity contribution in [3.63, 3.8) is 0 Å². The Morgan fingerprint density at radius 3 is 2.19 bits per heavy atom. The van der Waals surface area contributed by atoms with E-state index in [2.05, 4.69) is 4.90 Å². The standard InChI is InChI=1S/C17H19N3O5S/c1-25-15-8-6-14(7-9-15)18-10-12-19(13-11-18)26(23,24)17-5-3-2-4-16(17)20(21)22/h2-9H,10-13H2,1H3. The molecule has 0 N–H and O–H groups in total. The average Bonchev–Trinajstić information content (AvgIpc) is 2.68. The van der Waals surface area contributed by atoms with Crippen LogP contribution < -0.4 is 9.64 Å². The number of rotatable bonds is 5. The van der Waals surface area contributed by atoms with Gasteiger partial charge in [0.1, 0.15) is 5.75 Å². The highest BCUT2D eigenvalue weighted by Gasteiger charge is 2.33. The minimum Gasteiger partial charge on any atom is -0.497 e. The number of ether oxygens (including phenoxy) is 1.